The molecule has 1 aliphatic rings. The first-order valence-corrected chi connectivity index (χ1v) is 8.33. The summed E-state index contributed by atoms with van der Waals surface area (Å²) in [7, 11) is 0. The Kier molecular flexibility index (Phi) is 4.49. The topological polar surface area (TPSA) is 66.0 Å². The summed E-state index contributed by atoms with van der Waals surface area (Å²) in [5, 5.41) is 18.2. The van der Waals surface area contributed by atoms with Crippen molar-refractivity contribution in [2.45, 2.75) is 45.3 Å². The van der Waals surface area contributed by atoms with Gasteiger partial charge in [0.1, 0.15) is 23.6 Å². The number of nitriles is 2. The monoisotopic (exact) mass is 332 g/mol. The second-order valence-corrected chi connectivity index (χ2v) is 7.11. The van der Waals surface area contributed by atoms with Crippen LogP contribution in [0.5, 0.6) is 11.5 Å². The van der Waals surface area contributed by atoms with Gasteiger partial charge in [0, 0.05) is 5.56 Å². The molecular formula is C21H20N2O2. The van der Waals surface area contributed by atoms with Gasteiger partial charge in [0.05, 0.1) is 22.8 Å². The molecule has 0 bridgehead atoms. The number of fused-ring (bicyclic) bond motifs is 1. The van der Waals surface area contributed by atoms with Crippen LogP contribution >= 0.6 is 0 Å². The highest BCUT2D eigenvalue weighted by Gasteiger charge is 2.29. The minimum Gasteiger partial charge on any atom is -0.457 e. The Hall–Kier alpha value is -2.82. The zero-order chi connectivity index (χ0) is 18.0. The highest BCUT2D eigenvalue weighted by Crippen LogP contribution is 2.42. The Morgan fingerprint density at radius 1 is 1.04 bits per heavy atom. The van der Waals surface area contributed by atoms with E-state index in [-0.39, 0.29) is 11.7 Å². The van der Waals surface area contributed by atoms with E-state index in [0.29, 0.717) is 16.9 Å². The van der Waals surface area contributed by atoms with Crippen LogP contribution in [0, 0.1) is 22.7 Å². The predicted molar refractivity (Wildman–Crippen MR) is 94.3 cm³/mol. The molecule has 25 heavy (non-hydrogen) atoms. The van der Waals surface area contributed by atoms with Crippen LogP contribution in [-0.2, 0) is 11.2 Å². The fourth-order valence-corrected chi connectivity index (χ4v) is 3.13. The van der Waals surface area contributed by atoms with Crippen LogP contribution in [0.2, 0.25) is 0 Å². The van der Waals surface area contributed by atoms with Gasteiger partial charge < -0.3 is 9.47 Å². The van der Waals surface area contributed by atoms with Crippen molar-refractivity contribution >= 4 is 0 Å². The van der Waals surface area contributed by atoms with Gasteiger partial charge >= 0.3 is 0 Å². The summed E-state index contributed by atoms with van der Waals surface area (Å²) in [5.41, 5.74) is 2.80. The fraction of sp³-hybridized carbons (Fsp3) is 0.333. The van der Waals surface area contributed by atoms with Crippen molar-refractivity contribution in [3.05, 3.63) is 58.7 Å². The van der Waals surface area contributed by atoms with Crippen LogP contribution in [0.15, 0.2) is 36.4 Å². The molecule has 1 aliphatic carbocycles. The number of ether oxygens (including phenoxy) is 2. The number of hydrogen-bond donors (Lipinski definition) is 0. The average molecular weight is 332 g/mol. The molecule has 4 nitrogen and oxygen atoms in total. The molecule has 0 saturated carbocycles. The lowest BCUT2D eigenvalue weighted by atomic mass is 10.1. The van der Waals surface area contributed by atoms with Crippen molar-refractivity contribution in [1.82, 2.24) is 0 Å². The highest BCUT2D eigenvalue weighted by molar-refractivity contribution is 5.51. The second-order valence-electron chi connectivity index (χ2n) is 7.11. The number of hydrogen-bond acceptors (Lipinski definition) is 4. The Morgan fingerprint density at radius 2 is 1.80 bits per heavy atom. The quantitative estimate of drug-likeness (QED) is 0.791. The summed E-state index contributed by atoms with van der Waals surface area (Å²) in [4.78, 5) is 0. The highest BCUT2D eigenvalue weighted by atomic mass is 16.5. The minimum absolute atomic E-state index is 0.0779. The van der Waals surface area contributed by atoms with E-state index in [1.165, 1.54) is 5.56 Å². The van der Waals surface area contributed by atoms with Crippen molar-refractivity contribution in [3.8, 4) is 23.6 Å². The van der Waals surface area contributed by atoms with Crippen molar-refractivity contribution in [2.24, 2.45) is 0 Å². The van der Waals surface area contributed by atoms with Gasteiger partial charge in [-0.2, -0.15) is 10.5 Å². The van der Waals surface area contributed by atoms with Crippen molar-refractivity contribution < 1.29 is 9.47 Å². The Labute approximate surface area is 148 Å². The smallest absolute Gasteiger partial charge is 0.130 e. The molecule has 0 spiro atoms. The SMILES string of the molecule is CC(C)(C)O[C@@H]1CCc2c(Oc3ccc(C#N)c(C#N)c3)cccc21. The normalized spacial score (nSPS) is 16.0. The van der Waals surface area contributed by atoms with E-state index in [1.54, 1.807) is 18.2 Å². The molecule has 0 radical (unpaired) electrons. The average Bonchev–Trinajstić information content (AvgIpc) is 2.97. The second kappa shape index (κ2) is 6.59. The third-order valence-electron chi connectivity index (χ3n) is 4.13. The number of rotatable bonds is 3. The molecule has 0 N–H and O–H groups in total. The first kappa shape index (κ1) is 17.0. The largest absolute Gasteiger partial charge is 0.457 e. The molecule has 1 atom stereocenters. The van der Waals surface area contributed by atoms with Crippen molar-refractivity contribution in [2.75, 3.05) is 0 Å². The zero-order valence-corrected chi connectivity index (χ0v) is 14.7. The van der Waals surface area contributed by atoms with E-state index in [1.807, 2.05) is 24.3 Å². The molecule has 0 aliphatic heterocycles. The molecule has 0 aromatic heterocycles. The van der Waals surface area contributed by atoms with Gasteiger partial charge in [-0.3, -0.25) is 0 Å². The number of benzene rings is 2. The molecule has 0 amide bonds. The van der Waals surface area contributed by atoms with Gasteiger partial charge in [-0.25, -0.2) is 0 Å². The van der Waals surface area contributed by atoms with E-state index >= 15 is 0 Å². The number of nitrogens with zero attached hydrogens (tertiary/aromatic N) is 2. The van der Waals surface area contributed by atoms with Crippen LogP contribution in [0.25, 0.3) is 0 Å². The van der Waals surface area contributed by atoms with Crippen LogP contribution in [-0.4, -0.2) is 5.60 Å². The summed E-state index contributed by atoms with van der Waals surface area (Å²) < 4.78 is 12.2. The van der Waals surface area contributed by atoms with Crippen LogP contribution < -0.4 is 4.74 Å². The predicted octanol–water partition coefficient (Wildman–Crippen LogP) is 5.02. The van der Waals surface area contributed by atoms with Crippen LogP contribution in [0.3, 0.4) is 0 Å². The lowest BCUT2D eigenvalue weighted by Crippen LogP contribution is -2.21. The maximum absolute atomic E-state index is 9.16. The molecule has 0 saturated heterocycles. The molecule has 126 valence electrons. The summed E-state index contributed by atoms with van der Waals surface area (Å²) in [6.07, 6.45) is 1.91. The minimum atomic E-state index is -0.196. The third-order valence-corrected chi connectivity index (χ3v) is 4.13. The Balaban J connectivity index is 1.89. The third kappa shape index (κ3) is 3.65. The maximum Gasteiger partial charge on any atom is 0.130 e. The molecule has 4 heteroatoms. The van der Waals surface area contributed by atoms with Gasteiger partial charge in [0.2, 0.25) is 0 Å². The summed E-state index contributed by atoms with van der Waals surface area (Å²) in [6.45, 7) is 6.18. The lowest BCUT2D eigenvalue weighted by Gasteiger charge is -2.25. The molecule has 0 heterocycles. The molecular weight excluding hydrogens is 312 g/mol. The van der Waals surface area contributed by atoms with E-state index in [9.17, 15) is 0 Å². The first-order valence-electron chi connectivity index (χ1n) is 8.33. The van der Waals surface area contributed by atoms with Crippen molar-refractivity contribution in [1.29, 1.82) is 10.5 Å². The molecule has 0 fully saturated rings. The first-order chi connectivity index (χ1) is 11.9. The van der Waals surface area contributed by atoms with Gasteiger partial charge in [0.25, 0.3) is 0 Å². The van der Waals surface area contributed by atoms with Crippen LogP contribution in [0.1, 0.15) is 55.5 Å². The van der Waals surface area contributed by atoms with Crippen molar-refractivity contribution in [3.63, 3.8) is 0 Å². The molecule has 0 unspecified atom stereocenters. The van der Waals surface area contributed by atoms with Gasteiger partial charge in [-0.15, -0.1) is 0 Å². The lowest BCUT2D eigenvalue weighted by molar-refractivity contribution is -0.0605. The Bertz CT molecular complexity index is 882. The molecule has 2 aromatic carbocycles. The summed E-state index contributed by atoms with van der Waals surface area (Å²) in [5.74, 6) is 1.34. The summed E-state index contributed by atoms with van der Waals surface area (Å²) >= 11 is 0. The van der Waals surface area contributed by atoms with E-state index in [4.69, 9.17) is 20.0 Å². The summed E-state index contributed by atoms with van der Waals surface area (Å²) in [6, 6.07) is 15.0. The fourth-order valence-electron chi connectivity index (χ4n) is 3.13. The van der Waals surface area contributed by atoms with Gasteiger partial charge in [-0.05, 0) is 63.4 Å². The Morgan fingerprint density at radius 3 is 2.48 bits per heavy atom. The molecule has 3 rings (SSSR count). The van der Waals surface area contributed by atoms with Crippen LogP contribution in [0.4, 0.5) is 0 Å². The van der Waals surface area contributed by atoms with E-state index < -0.39 is 0 Å². The van der Waals surface area contributed by atoms with Gasteiger partial charge in [-0.1, -0.05) is 12.1 Å². The standard InChI is InChI=1S/C21H20N2O2/c1-21(2,3)25-20-10-9-18-17(20)5-4-6-19(18)24-16-8-7-14(12-22)15(11-16)13-23/h4-8,11,20H,9-10H2,1-3H3/t20-/m1/s1. The maximum atomic E-state index is 9.16. The van der Waals surface area contributed by atoms with E-state index in [0.717, 1.165) is 24.2 Å². The zero-order valence-electron chi connectivity index (χ0n) is 14.7. The van der Waals surface area contributed by atoms with Gasteiger partial charge in [0.15, 0.2) is 0 Å². The van der Waals surface area contributed by atoms with E-state index in [2.05, 4.69) is 26.8 Å². The molecule has 2 aromatic rings.